The summed E-state index contributed by atoms with van der Waals surface area (Å²) < 4.78 is 67.1. The van der Waals surface area contributed by atoms with E-state index in [-0.39, 0.29) is 65.5 Å². The van der Waals surface area contributed by atoms with Crippen LogP contribution in [0.5, 0.6) is 5.75 Å². The molecule has 5 aromatic rings. The van der Waals surface area contributed by atoms with Crippen LogP contribution in [0.4, 0.5) is 34.9 Å². The molecule has 0 aliphatic carbocycles. The molecule has 0 saturated carbocycles. The van der Waals surface area contributed by atoms with Crippen LogP contribution in [0.2, 0.25) is 0 Å². The second kappa shape index (κ2) is 13.1. The van der Waals surface area contributed by atoms with E-state index in [9.17, 15) is 31.0 Å². The van der Waals surface area contributed by atoms with Crippen molar-refractivity contribution in [1.29, 1.82) is 0 Å². The summed E-state index contributed by atoms with van der Waals surface area (Å²) in [7, 11) is -9.39. The molecule has 0 saturated heterocycles. The van der Waals surface area contributed by atoms with Crippen LogP contribution < -0.4 is 16.0 Å². The summed E-state index contributed by atoms with van der Waals surface area (Å²) in [6.45, 7) is -0.0439. The van der Waals surface area contributed by atoms with Crippen LogP contribution in [-0.2, 0) is 20.2 Å². The fourth-order valence-electron chi connectivity index (χ4n) is 4.32. The molecule has 0 fully saturated rings. The minimum atomic E-state index is -4.93. The molecule has 0 atom stereocenters. The van der Waals surface area contributed by atoms with Crippen molar-refractivity contribution in [1.82, 2.24) is 15.0 Å². The van der Waals surface area contributed by atoms with Crippen LogP contribution in [0.15, 0.2) is 80.7 Å². The van der Waals surface area contributed by atoms with Crippen molar-refractivity contribution in [2.45, 2.75) is 9.79 Å². The maximum atomic E-state index is 12.4. The number of phenolic OH excluding ortho intramolecular Hbond substituents is 1. The van der Waals surface area contributed by atoms with E-state index in [2.05, 4.69) is 41.1 Å². The SMILES string of the molecule is O=S(=O)(O)c1ccc2ccc(N=Nc3c(S(=O)(=O)O)cc4cc(Nc5nc(NCCO)nc(NCCO)n5)ccc4c3O)cc2c1. The predicted octanol–water partition coefficient (Wildman–Crippen LogP) is 3.34. The quantitative estimate of drug-likeness (QED) is 0.0698. The Morgan fingerprint density at radius 2 is 1.33 bits per heavy atom. The lowest BCUT2D eigenvalue weighted by Gasteiger charge is -2.12. The maximum Gasteiger partial charge on any atom is 0.296 e. The van der Waals surface area contributed by atoms with Crippen LogP contribution in [0.1, 0.15) is 0 Å². The van der Waals surface area contributed by atoms with Crippen molar-refractivity contribution in [3.05, 3.63) is 60.7 Å². The number of azo groups is 1. The smallest absolute Gasteiger partial charge is 0.296 e. The highest BCUT2D eigenvalue weighted by molar-refractivity contribution is 7.86. The van der Waals surface area contributed by atoms with Gasteiger partial charge in [-0.25, -0.2) is 0 Å². The van der Waals surface area contributed by atoms with Crippen molar-refractivity contribution >= 4 is 76.7 Å². The number of rotatable bonds is 12. The van der Waals surface area contributed by atoms with Crippen molar-refractivity contribution in [3.8, 4) is 5.75 Å². The number of aromatic hydroxyl groups is 1. The third kappa shape index (κ3) is 7.42. The normalized spacial score (nSPS) is 12.2. The zero-order chi connectivity index (χ0) is 33.1. The Kier molecular flexibility index (Phi) is 9.23. The van der Waals surface area contributed by atoms with Gasteiger partial charge in [-0.05, 0) is 64.7 Å². The number of hydrogen-bond donors (Lipinski definition) is 8. The highest BCUT2D eigenvalue weighted by Gasteiger charge is 2.22. The number of hydrogen-bond acceptors (Lipinski definition) is 15. The van der Waals surface area contributed by atoms with Gasteiger partial charge in [0, 0.05) is 24.2 Å². The number of aromatic nitrogens is 3. The Morgan fingerprint density at radius 3 is 1.96 bits per heavy atom. The fourth-order valence-corrected chi connectivity index (χ4v) is 5.49. The van der Waals surface area contributed by atoms with Gasteiger partial charge in [-0.1, -0.05) is 12.1 Å². The van der Waals surface area contributed by atoms with Crippen LogP contribution in [-0.4, -0.2) is 82.5 Å². The van der Waals surface area contributed by atoms with Crippen molar-refractivity contribution in [2.24, 2.45) is 10.2 Å². The van der Waals surface area contributed by atoms with Gasteiger partial charge in [0.2, 0.25) is 17.8 Å². The van der Waals surface area contributed by atoms with Crippen LogP contribution in [0, 0.1) is 0 Å². The van der Waals surface area contributed by atoms with Gasteiger partial charge in [0.15, 0.2) is 5.75 Å². The predicted molar refractivity (Wildman–Crippen MR) is 168 cm³/mol. The van der Waals surface area contributed by atoms with Crippen LogP contribution in [0.25, 0.3) is 21.5 Å². The molecule has 0 aliphatic rings. The summed E-state index contributed by atoms with van der Waals surface area (Å²) in [6, 6.07) is 14.0. The first kappa shape index (κ1) is 32.3. The molecule has 0 spiro atoms. The Bertz CT molecular complexity index is 2170. The molecule has 240 valence electrons. The third-order valence-corrected chi connectivity index (χ3v) is 8.09. The minimum absolute atomic E-state index is 0.0546. The van der Waals surface area contributed by atoms with E-state index < -0.39 is 36.6 Å². The maximum absolute atomic E-state index is 12.4. The van der Waals surface area contributed by atoms with Crippen molar-refractivity contribution < 1.29 is 41.3 Å². The lowest BCUT2D eigenvalue weighted by molar-refractivity contribution is 0.310. The number of aliphatic hydroxyl groups excluding tert-OH is 2. The third-order valence-electron chi connectivity index (χ3n) is 6.37. The van der Waals surface area contributed by atoms with E-state index in [4.69, 9.17) is 10.2 Å². The molecule has 19 heteroatoms. The molecule has 0 aliphatic heterocycles. The number of nitrogens with zero attached hydrogens (tertiary/aromatic N) is 5. The van der Waals surface area contributed by atoms with E-state index in [0.717, 1.165) is 6.07 Å². The lowest BCUT2D eigenvalue weighted by Crippen LogP contribution is -2.14. The average Bonchev–Trinajstić information content (AvgIpc) is 3.00. The number of fused-ring (bicyclic) bond motifs is 2. The topological polar surface area (TPSA) is 269 Å². The zero-order valence-corrected chi connectivity index (χ0v) is 25.2. The molecular weight excluding hydrogens is 644 g/mol. The number of anilines is 4. The van der Waals surface area contributed by atoms with Crippen LogP contribution >= 0.6 is 0 Å². The van der Waals surface area contributed by atoms with Crippen molar-refractivity contribution in [2.75, 3.05) is 42.3 Å². The molecule has 0 amide bonds. The number of phenols is 1. The summed E-state index contributed by atoms with van der Waals surface area (Å²) in [4.78, 5) is 11.5. The molecule has 1 heterocycles. The minimum Gasteiger partial charge on any atom is -0.505 e. The number of benzene rings is 4. The lowest BCUT2D eigenvalue weighted by atomic mass is 10.1. The van der Waals surface area contributed by atoms with Gasteiger partial charge in [-0.3, -0.25) is 9.11 Å². The first-order valence-corrected chi connectivity index (χ1v) is 16.2. The standard InChI is InChI=1S/C27H26N8O9S2/c36-9-7-28-25-31-26(29-8-10-37)33-27(32-25)30-18-4-6-21-17(12-18)14-22(46(42,43)44)23(24(21)38)35-34-19-3-1-15-2-5-20(45(39,40)41)13-16(15)11-19/h1-6,11-14,36-38H,7-10H2,(H,39,40,41)(H,42,43,44)(H3,28,29,30,31,32,33). The fraction of sp³-hybridized carbons (Fsp3) is 0.148. The second-order valence-electron chi connectivity index (χ2n) is 9.58. The van der Waals surface area contributed by atoms with Gasteiger partial charge in [0.1, 0.15) is 10.6 Å². The zero-order valence-electron chi connectivity index (χ0n) is 23.5. The molecule has 1 aromatic heterocycles. The molecule has 4 aromatic carbocycles. The van der Waals surface area contributed by atoms with E-state index in [1.807, 2.05) is 0 Å². The molecule has 8 N–H and O–H groups in total. The van der Waals surface area contributed by atoms with Gasteiger partial charge in [0.25, 0.3) is 20.2 Å². The Balaban J connectivity index is 1.51. The van der Waals surface area contributed by atoms with Gasteiger partial charge in [0.05, 0.1) is 23.8 Å². The number of nitrogens with one attached hydrogen (secondary N) is 3. The molecule has 46 heavy (non-hydrogen) atoms. The second-order valence-corrected chi connectivity index (χ2v) is 12.4. The van der Waals surface area contributed by atoms with E-state index in [1.54, 1.807) is 6.07 Å². The Morgan fingerprint density at radius 1 is 0.674 bits per heavy atom. The summed E-state index contributed by atoms with van der Waals surface area (Å²) in [6.07, 6.45) is 0. The molecule has 0 unspecified atom stereocenters. The molecule has 5 rings (SSSR count). The molecule has 0 bridgehead atoms. The average molecular weight is 671 g/mol. The van der Waals surface area contributed by atoms with Gasteiger partial charge >= 0.3 is 0 Å². The van der Waals surface area contributed by atoms with Gasteiger partial charge in [-0.15, -0.1) is 5.11 Å². The first-order valence-electron chi connectivity index (χ1n) is 13.3. The van der Waals surface area contributed by atoms with E-state index in [1.165, 1.54) is 48.5 Å². The Labute approximate surface area is 261 Å². The Hall–Kier alpha value is -5.05. The van der Waals surface area contributed by atoms with E-state index >= 15 is 0 Å². The monoisotopic (exact) mass is 670 g/mol. The van der Waals surface area contributed by atoms with Crippen molar-refractivity contribution in [3.63, 3.8) is 0 Å². The summed E-state index contributed by atoms with van der Waals surface area (Å²) in [5.74, 6) is -0.293. The largest absolute Gasteiger partial charge is 0.505 e. The summed E-state index contributed by atoms with van der Waals surface area (Å²) >= 11 is 0. The first-order chi connectivity index (χ1) is 21.9. The van der Waals surface area contributed by atoms with E-state index in [0.29, 0.717) is 16.5 Å². The highest BCUT2D eigenvalue weighted by atomic mass is 32.2. The summed E-state index contributed by atoms with van der Waals surface area (Å²) in [5.41, 5.74) is -0.0343. The summed E-state index contributed by atoms with van der Waals surface area (Å²) in [5, 5.41) is 47.1. The van der Waals surface area contributed by atoms with Gasteiger partial charge in [-0.2, -0.15) is 36.9 Å². The van der Waals surface area contributed by atoms with Gasteiger partial charge < -0.3 is 31.3 Å². The van der Waals surface area contributed by atoms with Crippen LogP contribution in [0.3, 0.4) is 0 Å². The highest BCUT2D eigenvalue weighted by Crippen LogP contribution is 2.42. The number of aliphatic hydroxyl groups is 2. The molecule has 17 nitrogen and oxygen atoms in total. The molecule has 0 radical (unpaired) electrons. The molecular formula is C27H26N8O9S2.